The SMILES string of the molecule is CS(=O)(=O)N1CC2CN(Cc3ccc(-n4cccn4)cc3)CC2(C(=O)O)C1. The van der Waals surface area contributed by atoms with Crippen molar-refractivity contribution in [3.8, 4) is 5.69 Å². The zero-order chi connectivity index (χ0) is 19.2. The minimum Gasteiger partial charge on any atom is -0.481 e. The van der Waals surface area contributed by atoms with E-state index in [0.717, 1.165) is 17.5 Å². The molecule has 3 heterocycles. The molecule has 2 aliphatic heterocycles. The number of carbonyl (C=O) groups is 1. The van der Waals surface area contributed by atoms with E-state index in [1.165, 1.54) is 4.31 Å². The second-order valence-electron chi connectivity index (χ2n) is 7.50. The number of hydrogen-bond donors (Lipinski definition) is 1. The summed E-state index contributed by atoms with van der Waals surface area (Å²) in [6, 6.07) is 9.86. The molecule has 2 saturated heterocycles. The van der Waals surface area contributed by atoms with Gasteiger partial charge in [0, 0.05) is 51.0 Å². The van der Waals surface area contributed by atoms with Crippen molar-refractivity contribution in [2.45, 2.75) is 6.54 Å². The second-order valence-corrected chi connectivity index (χ2v) is 9.48. The van der Waals surface area contributed by atoms with Crippen LogP contribution >= 0.6 is 0 Å². The van der Waals surface area contributed by atoms with E-state index in [-0.39, 0.29) is 19.0 Å². The third-order valence-corrected chi connectivity index (χ3v) is 6.87. The molecule has 1 N–H and O–H groups in total. The quantitative estimate of drug-likeness (QED) is 0.805. The molecule has 9 heteroatoms. The number of hydrogen-bond acceptors (Lipinski definition) is 5. The molecule has 0 spiro atoms. The Bertz CT molecular complexity index is 942. The van der Waals surface area contributed by atoms with Gasteiger partial charge in [0.2, 0.25) is 10.0 Å². The molecule has 1 aromatic heterocycles. The summed E-state index contributed by atoms with van der Waals surface area (Å²) in [6.45, 7) is 1.92. The Morgan fingerprint density at radius 2 is 2.00 bits per heavy atom. The van der Waals surface area contributed by atoms with Crippen molar-refractivity contribution in [3.63, 3.8) is 0 Å². The molecule has 1 aromatic carbocycles. The van der Waals surface area contributed by atoms with Crippen molar-refractivity contribution in [1.29, 1.82) is 0 Å². The minimum absolute atomic E-state index is 0.0561. The zero-order valence-corrected chi connectivity index (χ0v) is 15.8. The topological polar surface area (TPSA) is 95.7 Å². The Morgan fingerprint density at radius 1 is 1.26 bits per heavy atom. The maximum atomic E-state index is 12.0. The lowest BCUT2D eigenvalue weighted by molar-refractivity contribution is -0.148. The average Bonchev–Trinajstić information content (AvgIpc) is 3.29. The second kappa shape index (κ2) is 6.43. The molecule has 2 aromatic rings. The van der Waals surface area contributed by atoms with Crippen molar-refractivity contribution in [3.05, 3.63) is 48.3 Å². The van der Waals surface area contributed by atoms with E-state index in [1.54, 1.807) is 10.9 Å². The number of likely N-dealkylation sites (tertiary alicyclic amines) is 1. The van der Waals surface area contributed by atoms with Crippen LogP contribution in [0.2, 0.25) is 0 Å². The molecule has 2 fully saturated rings. The molecule has 2 unspecified atom stereocenters. The lowest BCUT2D eigenvalue weighted by atomic mass is 9.81. The van der Waals surface area contributed by atoms with E-state index in [0.29, 0.717) is 19.6 Å². The summed E-state index contributed by atoms with van der Waals surface area (Å²) in [7, 11) is -3.38. The molecule has 144 valence electrons. The van der Waals surface area contributed by atoms with Crippen LogP contribution in [0.15, 0.2) is 42.7 Å². The Hall–Kier alpha value is -2.23. The van der Waals surface area contributed by atoms with Crippen molar-refractivity contribution in [2.24, 2.45) is 11.3 Å². The molecule has 27 heavy (non-hydrogen) atoms. The van der Waals surface area contributed by atoms with E-state index in [2.05, 4.69) is 10.00 Å². The number of fused-ring (bicyclic) bond motifs is 1. The highest BCUT2D eigenvalue weighted by Crippen LogP contribution is 2.44. The Balaban J connectivity index is 1.47. The minimum atomic E-state index is -3.38. The molecule has 0 saturated carbocycles. The molecule has 0 amide bonds. The molecular formula is C18H22N4O4S. The summed E-state index contributed by atoms with van der Waals surface area (Å²) in [4.78, 5) is 14.1. The van der Waals surface area contributed by atoms with Gasteiger partial charge in [-0.25, -0.2) is 17.4 Å². The van der Waals surface area contributed by atoms with Crippen LogP contribution in [0.3, 0.4) is 0 Å². The predicted octanol–water partition coefficient (Wildman–Crippen LogP) is 0.650. The van der Waals surface area contributed by atoms with E-state index < -0.39 is 21.4 Å². The molecule has 2 aliphatic rings. The van der Waals surface area contributed by atoms with Gasteiger partial charge in [-0.05, 0) is 23.8 Å². The number of aliphatic carboxylic acids is 1. The van der Waals surface area contributed by atoms with E-state index in [4.69, 9.17) is 0 Å². The number of aromatic nitrogens is 2. The van der Waals surface area contributed by atoms with Gasteiger partial charge >= 0.3 is 5.97 Å². The van der Waals surface area contributed by atoms with Crippen LogP contribution in [-0.4, -0.2) is 70.9 Å². The molecule has 0 radical (unpaired) electrons. The molecular weight excluding hydrogens is 368 g/mol. The summed E-state index contributed by atoms with van der Waals surface area (Å²) in [6.07, 6.45) is 4.74. The summed E-state index contributed by atoms with van der Waals surface area (Å²) in [5, 5.41) is 14.0. The van der Waals surface area contributed by atoms with Crippen LogP contribution in [0.25, 0.3) is 5.69 Å². The van der Waals surface area contributed by atoms with Gasteiger partial charge in [-0.3, -0.25) is 9.69 Å². The summed E-state index contributed by atoms with van der Waals surface area (Å²) in [5.41, 5.74) is 1.04. The van der Waals surface area contributed by atoms with Gasteiger partial charge < -0.3 is 5.11 Å². The number of sulfonamides is 1. The molecule has 8 nitrogen and oxygen atoms in total. The number of nitrogens with zero attached hydrogens (tertiary/aromatic N) is 4. The van der Waals surface area contributed by atoms with Crippen molar-refractivity contribution in [2.75, 3.05) is 32.4 Å². The van der Waals surface area contributed by atoms with Crippen LogP contribution in [0.1, 0.15) is 5.56 Å². The zero-order valence-electron chi connectivity index (χ0n) is 15.0. The predicted molar refractivity (Wildman–Crippen MR) is 98.8 cm³/mol. The van der Waals surface area contributed by atoms with Gasteiger partial charge in [-0.15, -0.1) is 0 Å². The summed E-state index contributed by atoms with van der Waals surface area (Å²) >= 11 is 0. The molecule has 0 aliphatic carbocycles. The third-order valence-electron chi connectivity index (χ3n) is 5.65. The third kappa shape index (κ3) is 3.26. The van der Waals surface area contributed by atoms with E-state index in [1.807, 2.05) is 36.5 Å². The number of carboxylic acids is 1. The highest BCUT2D eigenvalue weighted by atomic mass is 32.2. The van der Waals surface area contributed by atoms with Crippen LogP contribution in [0, 0.1) is 11.3 Å². The Kier molecular flexibility index (Phi) is 4.32. The highest BCUT2D eigenvalue weighted by Gasteiger charge is 2.58. The monoisotopic (exact) mass is 390 g/mol. The fourth-order valence-electron chi connectivity index (χ4n) is 4.23. The highest BCUT2D eigenvalue weighted by molar-refractivity contribution is 7.88. The van der Waals surface area contributed by atoms with Crippen LogP contribution < -0.4 is 0 Å². The van der Waals surface area contributed by atoms with Gasteiger partial charge in [0.1, 0.15) is 0 Å². The van der Waals surface area contributed by atoms with Crippen LogP contribution in [-0.2, 0) is 21.4 Å². The van der Waals surface area contributed by atoms with Gasteiger partial charge in [0.25, 0.3) is 0 Å². The normalized spacial score (nSPS) is 26.3. The fourth-order valence-corrected chi connectivity index (χ4v) is 5.15. The average molecular weight is 390 g/mol. The lowest BCUT2D eigenvalue weighted by Gasteiger charge is -2.24. The van der Waals surface area contributed by atoms with E-state index >= 15 is 0 Å². The molecule has 0 bridgehead atoms. The molecule has 4 rings (SSSR count). The number of rotatable bonds is 5. The van der Waals surface area contributed by atoms with Crippen molar-refractivity contribution in [1.82, 2.24) is 19.0 Å². The largest absolute Gasteiger partial charge is 0.481 e. The first kappa shape index (κ1) is 18.1. The van der Waals surface area contributed by atoms with E-state index in [9.17, 15) is 18.3 Å². The van der Waals surface area contributed by atoms with Crippen molar-refractivity contribution < 1.29 is 18.3 Å². The lowest BCUT2D eigenvalue weighted by Crippen LogP contribution is -2.41. The van der Waals surface area contributed by atoms with Crippen LogP contribution in [0.4, 0.5) is 0 Å². The van der Waals surface area contributed by atoms with Gasteiger partial charge in [0.15, 0.2) is 0 Å². The summed E-state index contributed by atoms with van der Waals surface area (Å²) in [5.74, 6) is -1.09. The Labute approximate surface area is 158 Å². The standard InChI is InChI=1S/C18H22N4O4S/c1-27(25,26)21-11-15-10-20(12-18(15,13-21)17(23)24)9-14-3-5-16(6-4-14)22-8-2-7-19-22/h2-8,15H,9-13H2,1H3,(H,23,24). The molecule has 2 atom stereocenters. The summed E-state index contributed by atoms with van der Waals surface area (Å²) < 4.78 is 26.8. The first-order valence-corrected chi connectivity index (χ1v) is 10.6. The number of carboxylic acid groups (broad SMARTS) is 1. The van der Waals surface area contributed by atoms with Crippen molar-refractivity contribution >= 4 is 16.0 Å². The Morgan fingerprint density at radius 3 is 2.56 bits per heavy atom. The maximum absolute atomic E-state index is 12.0. The van der Waals surface area contributed by atoms with Gasteiger partial charge in [-0.1, -0.05) is 12.1 Å². The fraction of sp³-hybridized carbons (Fsp3) is 0.444. The van der Waals surface area contributed by atoms with Crippen LogP contribution in [0.5, 0.6) is 0 Å². The van der Waals surface area contributed by atoms with Gasteiger partial charge in [0.05, 0.1) is 17.4 Å². The smallest absolute Gasteiger partial charge is 0.312 e. The maximum Gasteiger partial charge on any atom is 0.312 e. The first-order chi connectivity index (χ1) is 12.8. The van der Waals surface area contributed by atoms with Gasteiger partial charge in [-0.2, -0.15) is 5.10 Å². The number of benzene rings is 1. The first-order valence-electron chi connectivity index (χ1n) is 8.78.